The second kappa shape index (κ2) is 5.16. The highest BCUT2D eigenvalue weighted by Crippen LogP contribution is 2.34. The van der Waals surface area contributed by atoms with E-state index in [0.29, 0.717) is 11.5 Å². The summed E-state index contributed by atoms with van der Waals surface area (Å²) in [6.45, 7) is 1.87. The minimum Gasteiger partial charge on any atom is -0.454 e. The van der Waals surface area contributed by atoms with Gasteiger partial charge in [-0.2, -0.15) is 0 Å². The van der Waals surface area contributed by atoms with Crippen molar-refractivity contribution in [1.29, 1.82) is 0 Å². The molecule has 0 radical (unpaired) electrons. The summed E-state index contributed by atoms with van der Waals surface area (Å²) in [6, 6.07) is 5.26. The number of hydrogen-bond acceptors (Lipinski definition) is 5. The fraction of sp³-hybridized carbons (Fsp3) is 0.500. The summed E-state index contributed by atoms with van der Waals surface area (Å²) >= 11 is 0. The minimum absolute atomic E-state index is 0.0830. The first-order valence-corrected chi connectivity index (χ1v) is 7.65. The first-order chi connectivity index (χ1) is 8.55. The largest absolute Gasteiger partial charge is 0.454 e. The number of benzene rings is 1. The van der Waals surface area contributed by atoms with Gasteiger partial charge in [0, 0.05) is 11.8 Å². The van der Waals surface area contributed by atoms with Crippen LogP contribution in [-0.4, -0.2) is 33.8 Å². The van der Waals surface area contributed by atoms with Crippen LogP contribution in [0.5, 0.6) is 11.5 Å². The summed E-state index contributed by atoms with van der Waals surface area (Å²) in [6.07, 6.45) is 0. The molecule has 0 aromatic heterocycles. The third-order valence-electron chi connectivity index (χ3n) is 3.01. The van der Waals surface area contributed by atoms with E-state index in [4.69, 9.17) is 9.47 Å². The van der Waals surface area contributed by atoms with E-state index in [1.807, 2.05) is 12.1 Å². The third-order valence-corrected chi connectivity index (χ3v) is 4.73. The Morgan fingerprint density at radius 2 is 2.06 bits per heavy atom. The molecule has 1 aliphatic heterocycles. The number of fused-ring (bicyclic) bond motifs is 1. The zero-order valence-electron chi connectivity index (χ0n) is 10.5. The minimum atomic E-state index is -3.03. The van der Waals surface area contributed by atoms with Gasteiger partial charge in [-0.05, 0) is 24.7 Å². The molecule has 5 nitrogen and oxygen atoms in total. The lowest BCUT2D eigenvalue weighted by atomic mass is 10.1. The lowest BCUT2D eigenvalue weighted by molar-refractivity contribution is 0.174. The molecule has 1 aromatic carbocycles. The fourth-order valence-corrected chi connectivity index (χ4v) is 2.95. The van der Waals surface area contributed by atoms with Crippen LogP contribution in [0.2, 0.25) is 0 Å². The molecule has 0 saturated heterocycles. The van der Waals surface area contributed by atoms with Crippen LogP contribution in [0.3, 0.4) is 0 Å². The molecule has 0 bridgehead atoms. The Labute approximate surface area is 107 Å². The molecule has 1 unspecified atom stereocenters. The SMILES string of the molecule is CCS(=O)(=O)CC(NC)c1ccc2c(c1)OCO2. The Bertz CT molecular complexity index is 527. The summed E-state index contributed by atoms with van der Waals surface area (Å²) in [5, 5.41) is 3.02. The highest BCUT2D eigenvalue weighted by Gasteiger charge is 2.21. The van der Waals surface area contributed by atoms with E-state index in [9.17, 15) is 8.42 Å². The summed E-state index contributed by atoms with van der Waals surface area (Å²) in [5.41, 5.74) is 0.888. The fourth-order valence-electron chi connectivity index (χ4n) is 1.85. The van der Waals surface area contributed by atoms with Gasteiger partial charge in [0.15, 0.2) is 21.3 Å². The van der Waals surface area contributed by atoms with Gasteiger partial charge in [-0.3, -0.25) is 0 Å². The monoisotopic (exact) mass is 271 g/mol. The molecule has 0 amide bonds. The maximum absolute atomic E-state index is 11.7. The molecule has 1 atom stereocenters. The molecule has 0 saturated carbocycles. The van der Waals surface area contributed by atoms with Gasteiger partial charge >= 0.3 is 0 Å². The summed E-state index contributed by atoms with van der Waals surface area (Å²) < 4.78 is 33.9. The summed E-state index contributed by atoms with van der Waals surface area (Å²) in [7, 11) is -1.28. The maximum Gasteiger partial charge on any atom is 0.231 e. The van der Waals surface area contributed by atoms with E-state index in [1.54, 1.807) is 20.0 Å². The molecule has 1 heterocycles. The van der Waals surface area contributed by atoms with Gasteiger partial charge in [-0.15, -0.1) is 0 Å². The molecule has 2 rings (SSSR count). The van der Waals surface area contributed by atoms with Crippen molar-refractivity contribution < 1.29 is 17.9 Å². The molecule has 100 valence electrons. The standard InChI is InChI=1S/C12H17NO4S/c1-3-18(14,15)7-10(13-2)9-4-5-11-12(6-9)17-8-16-11/h4-6,10,13H,3,7-8H2,1-2H3. The molecule has 0 aliphatic carbocycles. The van der Waals surface area contributed by atoms with E-state index in [1.165, 1.54) is 0 Å². The van der Waals surface area contributed by atoms with Gasteiger partial charge in [0.05, 0.1) is 5.75 Å². The Hall–Kier alpha value is -1.27. The van der Waals surface area contributed by atoms with Crippen LogP contribution in [0.25, 0.3) is 0 Å². The maximum atomic E-state index is 11.7. The average molecular weight is 271 g/mol. The number of rotatable bonds is 5. The van der Waals surface area contributed by atoms with Crippen molar-refractivity contribution in [1.82, 2.24) is 5.32 Å². The second-order valence-corrected chi connectivity index (χ2v) is 6.55. The van der Waals surface area contributed by atoms with Gasteiger partial charge < -0.3 is 14.8 Å². The molecular formula is C12H17NO4S. The van der Waals surface area contributed by atoms with Gasteiger partial charge in [0.25, 0.3) is 0 Å². The zero-order chi connectivity index (χ0) is 13.2. The molecule has 18 heavy (non-hydrogen) atoms. The van der Waals surface area contributed by atoms with E-state index >= 15 is 0 Å². The van der Waals surface area contributed by atoms with E-state index in [0.717, 1.165) is 5.56 Å². The highest BCUT2D eigenvalue weighted by atomic mass is 32.2. The lowest BCUT2D eigenvalue weighted by Crippen LogP contribution is -2.26. The van der Waals surface area contributed by atoms with Gasteiger partial charge in [0.2, 0.25) is 6.79 Å². The van der Waals surface area contributed by atoms with E-state index in [-0.39, 0.29) is 24.3 Å². The number of ether oxygens (including phenoxy) is 2. The zero-order valence-corrected chi connectivity index (χ0v) is 11.3. The first-order valence-electron chi connectivity index (χ1n) is 5.83. The quantitative estimate of drug-likeness (QED) is 0.869. The van der Waals surface area contributed by atoms with E-state index < -0.39 is 9.84 Å². The predicted molar refractivity (Wildman–Crippen MR) is 68.7 cm³/mol. The molecule has 1 N–H and O–H groups in total. The molecule has 6 heteroatoms. The van der Waals surface area contributed by atoms with Gasteiger partial charge in [0.1, 0.15) is 0 Å². The Balaban J connectivity index is 2.23. The Kier molecular flexibility index (Phi) is 3.77. The highest BCUT2D eigenvalue weighted by molar-refractivity contribution is 7.91. The first kappa shape index (κ1) is 13.2. The van der Waals surface area contributed by atoms with Crippen molar-refractivity contribution >= 4 is 9.84 Å². The van der Waals surface area contributed by atoms with Gasteiger partial charge in [-0.1, -0.05) is 13.0 Å². The molecule has 1 aliphatic rings. The topological polar surface area (TPSA) is 64.6 Å². The lowest BCUT2D eigenvalue weighted by Gasteiger charge is -2.16. The van der Waals surface area contributed by atoms with Crippen LogP contribution in [0.15, 0.2) is 18.2 Å². The van der Waals surface area contributed by atoms with Crippen LogP contribution in [0, 0.1) is 0 Å². The van der Waals surface area contributed by atoms with E-state index in [2.05, 4.69) is 5.32 Å². The van der Waals surface area contributed by atoms with Crippen molar-refractivity contribution in [3.8, 4) is 11.5 Å². The smallest absolute Gasteiger partial charge is 0.231 e. The average Bonchev–Trinajstić information content (AvgIpc) is 2.83. The Morgan fingerprint density at radius 3 is 2.72 bits per heavy atom. The molecular weight excluding hydrogens is 254 g/mol. The van der Waals surface area contributed by atoms with Crippen molar-refractivity contribution in [2.75, 3.05) is 25.3 Å². The summed E-state index contributed by atoms with van der Waals surface area (Å²) in [4.78, 5) is 0. The normalized spacial score (nSPS) is 15.7. The number of sulfone groups is 1. The molecule has 0 fully saturated rings. The van der Waals surface area contributed by atoms with Crippen LogP contribution in [-0.2, 0) is 9.84 Å². The van der Waals surface area contributed by atoms with Crippen LogP contribution < -0.4 is 14.8 Å². The number of nitrogens with one attached hydrogen (secondary N) is 1. The summed E-state index contributed by atoms with van der Waals surface area (Å²) in [5.74, 6) is 1.60. The van der Waals surface area contributed by atoms with Gasteiger partial charge in [-0.25, -0.2) is 8.42 Å². The molecule has 1 aromatic rings. The van der Waals surface area contributed by atoms with Crippen LogP contribution in [0.1, 0.15) is 18.5 Å². The van der Waals surface area contributed by atoms with Crippen molar-refractivity contribution in [2.45, 2.75) is 13.0 Å². The van der Waals surface area contributed by atoms with Crippen LogP contribution >= 0.6 is 0 Å². The van der Waals surface area contributed by atoms with Crippen molar-refractivity contribution in [3.63, 3.8) is 0 Å². The van der Waals surface area contributed by atoms with Crippen LogP contribution in [0.4, 0.5) is 0 Å². The number of hydrogen-bond donors (Lipinski definition) is 1. The van der Waals surface area contributed by atoms with Crippen molar-refractivity contribution in [2.24, 2.45) is 0 Å². The Morgan fingerprint density at radius 1 is 1.33 bits per heavy atom. The second-order valence-electron chi connectivity index (χ2n) is 4.15. The molecule has 0 spiro atoms. The predicted octanol–water partition coefficient (Wildman–Crippen LogP) is 1.11. The third kappa shape index (κ3) is 2.76. The van der Waals surface area contributed by atoms with Crippen molar-refractivity contribution in [3.05, 3.63) is 23.8 Å².